The monoisotopic (exact) mass is 406 g/mol. The van der Waals surface area contributed by atoms with Crippen molar-refractivity contribution in [3.8, 4) is 0 Å². The van der Waals surface area contributed by atoms with E-state index in [9.17, 15) is 14.4 Å². The van der Waals surface area contributed by atoms with E-state index in [-0.39, 0.29) is 30.3 Å². The molecule has 3 N–H and O–H groups in total. The lowest BCUT2D eigenvalue weighted by Gasteiger charge is -2.36. The van der Waals surface area contributed by atoms with Gasteiger partial charge in [0.15, 0.2) is 0 Å². The quantitative estimate of drug-likeness (QED) is 0.718. The summed E-state index contributed by atoms with van der Waals surface area (Å²) in [6, 6.07) is 4.29. The largest absolute Gasteiger partial charge is 0.353 e. The first kappa shape index (κ1) is 20.5. The first-order valence-corrected chi connectivity index (χ1v) is 10.2. The molecule has 7 nitrogen and oxygen atoms in total. The zero-order chi connectivity index (χ0) is 20.1. The summed E-state index contributed by atoms with van der Waals surface area (Å²) in [4.78, 5) is 39.2. The molecule has 0 bridgehead atoms. The molecule has 152 valence electrons. The lowest BCUT2D eigenvalue weighted by molar-refractivity contribution is -0.131. The maximum Gasteiger partial charge on any atom is 0.318 e. The number of anilines is 1. The van der Waals surface area contributed by atoms with Crippen LogP contribution in [-0.2, 0) is 9.59 Å². The smallest absolute Gasteiger partial charge is 0.318 e. The van der Waals surface area contributed by atoms with Crippen LogP contribution in [0.5, 0.6) is 0 Å². The fraction of sp³-hybridized carbons (Fsp3) is 0.550. The Morgan fingerprint density at radius 1 is 1.25 bits per heavy atom. The van der Waals surface area contributed by atoms with Gasteiger partial charge in [-0.15, -0.1) is 0 Å². The zero-order valence-electron chi connectivity index (χ0n) is 16.1. The number of carbonyl (C=O) groups excluding carboxylic acids is 3. The average Bonchev–Trinajstić information content (AvgIpc) is 2.67. The molecular weight excluding hydrogens is 380 g/mol. The molecule has 2 aliphatic rings. The fourth-order valence-electron chi connectivity index (χ4n) is 3.77. The summed E-state index contributed by atoms with van der Waals surface area (Å²) in [5.74, 6) is -0.633. The number of urea groups is 1. The number of carbonyl (C=O) groups is 3. The summed E-state index contributed by atoms with van der Waals surface area (Å²) in [5.41, 5.74) is 1.48. The van der Waals surface area contributed by atoms with Crippen LogP contribution in [0.1, 0.15) is 44.1 Å². The number of aryl methyl sites for hydroxylation is 1. The second-order valence-corrected chi connectivity index (χ2v) is 7.93. The number of piperazine rings is 1. The molecule has 1 aliphatic heterocycles. The van der Waals surface area contributed by atoms with Crippen LogP contribution in [0.25, 0.3) is 0 Å². The van der Waals surface area contributed by atoms with Crippen molar-refractivity contribution in [2.45, 2.75) is 57.5 Å². The molecule has 4 amide bonds. The van der Waals surface area contributed by atoms with Crippen LogP contribution in [0, 0.1) is 6.92 Å². The second kappa shape index (κ2) is 9.28. The van der Waals surface area contributed by atoms with Crippen LogP contribution in [-0.4, -0.2) is 47.9 Å². The van der Waals surface area contributed by atoms with Crippen molar-refractivity contribution in [1.29, 1.82) is 0 Å². The van der Waals surface area contributed by atoms with Crippen LogP contribution in [0.4, 0.5) is 10.5 Å². The van der Waals surface area contributed by atoms with Crippen molar-refractivity contribution in [1.82, 2.24) is 15.5 Å². The van der Waals surface area contributed by atoms with Gasteiger partial charge in [-0.2, -0.15) is 0 Å². The van der Waals surface area contributed by atoms with Gasteiger partial charge in [0.05, 0.1) is 6.42 Å². The van der Waals surface area contributed by atoms with E-state index in [0.29, 0.717) is 23.8 Å². The first-order valence-electron chi connectivity index (χ1n) is 9.85. The van der Waals surface area contributed by atoms with Crippen molar-refractivity contribution >= 4 is 35.1 Å². The minimum atomic E-state index is -0.822. The number of nitrogens with one attached hydrogen (secondary N) is 3. The fourth-order valence-corrected chi connectivity index (χ4v) is 3.94. The highest BCUT2D eigenvalue weighted by molar-refractivity contribution is 6.31. The van der Waals surface area contributed by atoms with E-state index in [0.717, 1.165) is 31.2 Å². The molecule has 1 aliphatic carbocycles. The number of benzene rings is 1. The first-order chi connectivity index (χ1) is 13.4. The van der Waals surface area contributed by atoms with Gasteiger partial charge in [0, 0.05) is 29.8 Å². The van der Waals surface area contributed by atoms with E-state index in [1.54, 1.807) is 12.1 Å². The lowest BCUT2D eigenvalue weighted by Crippen LogP contribution is -2.61. The van der Waals surface area contributed by atoms with E-state index in [4.69, 9.17) is 11.6 Å². The van der Waals surface area contributed by atoms with Crippen molar-refractivity contribution in [3.63, 3.8) is 0 Å². The maximum absolute atomic E-state index is 12.7. The summed E-state index contributed by atoms with van der Waals surface area (Å²) in [7, 11) is 0. The van der Waals surface area contributed by atoms with Gasteiger partial charge in [-0.3, -0.25) is 9.59 Å². The number of halogens is 1. The van der Waals surface area contributed by atoms with Crippen molar-refractivity contribution < 1.29 is 14.4 Å². The third-order valence-electron chi connectivity index (χ3n) is 5.38. The molecule has 1 aromatic rings. The highest BCUT2D eigenvalue weighted by Gasteiger charge is 2.35. The predicted molar refractivity (Wildman–Crippen MR) is 108 cm³/mol. The van der Waals surface area contributed by atoms with Crippen molar-refractivity contribution in [2.75, 3.05) is 18.4 Å². The minimum absolute atomic E-state index is 0.101. The molecule has 28 heavy (non-hydrogen) atoms. The van der Waals surface area contributed by atoms with Gasteiger partial charge in [0.1, 0.15) is 6.04 Å². The summed E-state index contributed by atoms with van der Waals surface area (Å²) in [5, 5.41) is 9.10. The third-order valence-corrected chi connectivity index (χ3v) is 5.61. The number of hydrogen-bond donors (Lipinski definition) is 3. The van der Waals surface area contributed by atoms with Gasteiger partial charge < -0.3 is 20.9 Å². The molecule has 3 rings (SSSR count). The Kier molecular flexibility index (Phi) is 6.78. The van der Waals surface area contributed by atoms with Crippen LogP contribution < -0.4 is 16.0 Å². The highest BCUT2D eigenvalue weighted by Crippen LogP contribution is 2.21. The molecule has 1 aromatic carbocycles. The van der Waals surface area contributed by atoms with Gasteiger partial charge in [0.2, 0.25) is 11.8 Å². The predicted octanol–water partition coefficient (Wildman–Crippen LogP) is 2.82. The molecule has 0 aromatic heterocycles. The molecule has 8 heteroatoms. The Balaban J connectivity index is 1.64. The van der Waals surface area contributed by atoms with Crippen LogP contribution >= 0.6 is 11.6 Å². The van der Waals surface area contributed by atoms with E-state index >= 15 is 0 Å². The molecule has 0 radical (unpaired) electrons. The van der Waals surface area contributed by atoms with Crippen LogP contribution in [0.15, 0.2) is 18.2 Å². The SMILES string of the molecule is Cc1ccc(Cl)cc1NC(=O)C[C@@H]1C(=O)NCCN1C(=O)NC1CCCCC1. The molecule has 1 saturated heterocycles. The summed E-state index contributed by atoms with van der Waals surface area (Å²) < 4.78 is 0. The Morgan fingerprint density at radius 3 is 2.75 bits per heavy atom. The van der Waals surface area contributed by atoms with Crippen molar-refractivity contribution in [2.24, 2.45) is 0 Å². The van der Waals surface area contributed by atoms with Gasteiger partial charge >= 0.3 is 6.03 Å². The standard InChI is InChI=1S/C20H27ClN4O3/c1-13-7-8-14(21)11-16(13)24-18(26)12-17-19(27)22-9-10-25(17)20(28)23-15-5-3-2-4-6-15/h7-8,11,15,17H,2-6,9-10,12H2,1H3,(H,22,27)(H,23,28)(H,24,26)/t17-/m1/s1. The number of amides is 4. The van der Waals surface area contributed by atoms with E-state index < -0.39 is 6.04 Å². The third kappa shape index (κ3) is 5.16. The number of hydrogen-bond acceptors (Lipinski definition) is 3. The second-order valence-electron chi connectivity index (χ2n) is 7.50. The van der Waals surface area contributed by atoms with E-state index in [1.165, 1.54) is 11.3 Å². The van der Waals surface area contributed by atoms with Crippen LogP contribution in [0.3, 0.4) is 0 Å². The Hall–Kier alpha value is -2.28. The van der Waals surface area contributed by atoms with Gasteiger partial charge in [-0.1, -0.05) is 36.9 Å². The molecule has 0 spiro atoms. The minimum Gasteiger partial charge on any atom is -0.353 e. The molecule has 1 heterocycles. The summed E-state index contributed by atoms with van der Waals surface area (Å²) in [6.45, 7) is 2.64. The molecule has 2 fully saturated rings. The molecular formula is C20H27ClN4O3. The summed E-state index contributed by atoms with van der Waals surface area (Å²) in [6.07, 6.45) is 5.24. The Bertz CT molecular complexity index is 749. The highest BCUT2D eigenvalue weighted by atomic mass is 35.5. The van der Waals surface area contributed by atoms with Crippen LogP contribution in [0.2, 0.25) is 5.02 Å². The Labute approximate surface area is 170 Å². The molecule has 0 unspecified atom stereocenters. The lowest BCUT2D eigenvalue weighted by atomic mass is 9.95. The van der Waals surface area contributed by atoms with E-state index in [1.807, 2.05) is 13.0 Å². The normalized spacial score (nSPS) is 20.4. The maximum atomic E-state index is 12.7. The van der Waals surface area contributed by atoms with Crippen molar-refractivity contribution in [3.05, 3.63) is 28.8 Å². The van der Waals surface area contributed by atoms with Gasteiger partial charge in [-0.25, -0.2) is 4.79 Å². The molecule has 1 saturated carbocycles. The van der Waals surface area contributed by atoms with Gasteiger partial charge in [0.25, 0.3) is 0 Å². The average molecular weight is 407 g/mol. The van der Waals surface area contributed by atoms with E-state index in [2.05, 4.69) is 16.0 Å². The zero-order valence-corrected chi connectivity index (χ0v) is 16.8. The topological polar surface area (TPSA) is 90.5 Å². The Morgan fingerprint density at radius 2 is 2.00 bits per heavy atom. The summed E-state index contributed by atoms with van der Waals surface area (Å²) >= 11 is 6.00. The van der Waals surface area contributed by atoms with Gasteiger partial charge in [-0.05, 0) is 37.5 Å². The number of rotatable bonds is 4. The molecule has 1 atom stereocenters. The number of nitrogens with zero attached hydrogens (tertiary/aromatic N) is 1.